The van der Waals surface area contributed by atoms with E-state index in [1.807, 2.05) is 6.07 Å². The summed E-state index contributed by atoms with van der Waals surface area (Å²) in [6, 6.07) is 5.41. The summed E-state index contributed by atoms with van der Waals surface area (Å²) in [7, 11) is 1.62. The van der Waals surface area contributed by atoms with E-state index in [1.54, 1.807) is 30.6 Å². The Labute approximate surface area is 164 Å². The van der Waals surface area contributed by atoms with Gasteiger partial charge in [-0.05, 0) is 30.0 Å². The Morgan fingerprint density at radius 3 is 2.68 bits per heavy atom. The molecule has 0 saturated heterocycles. The van der Waals surface area contributed by atoms with E-state index in [2.05, 4.69) is 38.5 Å². The number of methoxy groups -OCH3 is 1. The number of ether oxygens (including phenoxy) is 1. The number of hydrogen-bond donors (Lipinski definition) is 0. The number of halogens is 1. The van der Waals surface area contributed by atoms with Crippen molar-refractivity contribution >= 4 is 40.1 Å². The molecule has 0 aliphatic rings. The second-order valence-corrected chi connectivity index (χ2v) is 8.77. The first-order chi connectivity index (χ1) is 11.8. The fraction of sp³-hybridized carbons (Fsp3) is 0.474. The molecule has 0 atom stereocenters. The highest BCUT2D eigenvalue weighted by molar-refractivity contribution is 7.80. The van der Waals surface area contributed by atoms with Gasteiger partial charge < -0.3 is 9.30 Å². The van der Waals surface area contributed by atoms with Gasteiger partial charge in [0.2, 0.25) is 0 Å². The molecule has 2 aromatic rings. The van der Waals surface area contributed by atoms with Crippen molar-refractivity contribution in [3.8, 4) is 5.75 Å². The fourth-order valence-electron chi connectivity index (χ4n) is 2.30. The molecule has 0 radical (unpaired) electrons. The molecule has 2 rings (SSSR count). The van der Waals surface area contributed by atoms with E-state index in [9.17, 15) is 0 Å². The molecule has 0 N–H and O–H groups in total. The predicted molar refractivity (Wildman–Crippen MR) is 111 cm³/mol. The van der Waals surface area contributed by atoms with Gasteiger partial charge >= 0.3 is 0 Å². The summed E-state index contributed by atoms with van der Waals surface area (Å²) in [5.74, 6) is 0.686. The van der Waals surface area contributed by atoms with E-state index >= 15 is 0 Å². The molecule has 1 aromatic carbocycles. The van der Waals surface area contributed by atoms with Gasteiger partial charge in [-0.1, -0.05) is 57.9 Å². The predicted octanol–water partition coefficient (Wildman–Crippen LogP) is 5.59. The molecule has 25 heavy (non-hydrogen) atoms. The van der Waals surface area contributed by atoms with Crippen LogP contribution in [0, 0.1) is 0 Å². The standard InChI is InChI=1S/C19H25ClN2OS2/c1-6-7-10-22-12-16(19(2,3)4)25-18(22)21-17(24)14-11-13(20)8-9-15(14)23-5/h8-9,11-12H,6-7,10H2,1-5H3. The van der Waals surface area contributed by atoms with E-state index < -0.39 is 0 Å². The lowest BCUT2D eigenvalue weighted by Gasteiger charge is -2.14. The Bertz CT molecular complexity index is 816. The number of nitrogens with zero attached hydrogens (tertiary/aromatic N) is 2. The Hall–Kier alpha value is -1.17. The summed E-state index contributed by atoms with van der Waals surface area (Å²) in [5.41, 5.74) is 0.833. The van der Waals surface area contributed by atoms with Crippen LogP contribution in [0.5, 0.6) is 5.75 Å². The van der Waals surface area contributed by atoms with Crippen LogP contribution in [-0.4, -0.2) is 16.7 Å². The molecule has 0 bridgehead atoms. The van der Waals surface area contributed by atoms with Crippen molar-refractivity contribution in [2.75, 3.05) is 7.11 Å². The van der Waals surface area contributed by atoms with Crippen LogP contribution >= 0.6 is 35.2 Å². The molecule has 136 valence electrons. The lowest BCUT2D eigenvalue weighted by atomic mass is 9.95. The highest BCUT2D eigenvalue weighted by atomic mass is 35.5. The van der Waals surface area contributed by atoms with Crippen molar-refractivity contribution in [2.45, 2.75) is 52.5 Å². The first-order valence-electron chi connectivity index (χ1n) is 8.39. The summed E-state index contributed by atoms with van der Waals surface area (Å²) in [6.45, 7) is 9.77. The zero-order valence-electron chi connectivity index (χ0n) is 15.4. The number of benzene rings is 1. The van der Waals surface area contributed by atoms with Gasteiger partial charge in [0.25, 0.3) is 0 Å². The van der Waals surface area contributed by atoms with E-state index in [0.29, 0.717) is 15.8 Å². The first kappa shape index (κ1) is 20.1. The highest BCUT2D eigenvalue weighted by Gasteiger charge is 2.18. The zero-order chi connectivity index (χ0) is 18.6. The maximum absolute atomic E-state index is 6.13. The summed E-state index contributed by atoms with van der Waals surface area (Å²) in [4.78, 5) is 7.45. The molecule has 1 heterocycles. The Balaban J connectivity index is 2.50. The number of rotatable bonds is 5. The molecule has 3 nitrogen and oxygen atoms in total. The second-order valence-electron chi connectivity index (χ2n) is 6.94. The molecule has 0 fully saturated rings. The normalized spacial score (nSPS) is 12.5. The van der Waals surface area contributed by atoms with Gasteiger partial charge in [0.15, 0.2) is 4.80 Å². The van der Waals surface area contributed by atoms with Crippen molar-refractivity contribution in [3.05, 3.63) is 44.7 Å². The summed E-state index contributed by atoms with van der Waals surface area (Å²) in [6.07, 6.45) is 4.46. The van der Waals surface area contributed by atoms with Crippen molar-refractivity contribution in [1.82, 2.24) is 4.57 Å². The number of unbranched alkanes of at least 4 members (excludes halogenated alkanes) is 1. The second kappa shape index (κ2) is 8.47. The number of thiazole rings is 1. The summed E-state index contributed by atoms with van der Waals surface area (Å²) >= 11 is 13.4. The lowest BCUT2D eigenvalue weighted by Crippen LogP contribution is -2.16. The molecule has 1 aromatic heterocycles. The van der Waals surface area contributed by atoms with Crippen molar-refractivity contribution < 1.29 is 4.74 Å². The molecule has 0 unspecified atom stereocenters. The molecular formula is C19H25ClN2OS2. The van der Waals surface area contributed by atoms with Crippen molar-refractivity contribution in [2.24, 2.45) is 4.99 Å². The first-order valence-corrected chi connectivity index (χ1v) is 10.00. The molecule has 0 spiro atoms. The zero-order valence-corrected chi connectivity index (χ0v) is 17.8. The van der Waals surface area contributed by atoms with E-state index in [4.69, 9.17) is 33.5 Å². The maximum Gasteiger partial charge on any atom is 0.191 e. The van der Waals surface area contributed by atoms with Gasteiger partial charge in [0.1, 0.15) is 10.7 Å². The minimum atomic E-state index is 0.0851. The third kappa shape index (κ3) is 5.16. The Morgan fingerprint density at radius 1 is 1.36 bits per heavy atom. The van der Waals surface area contributed by atoms with Crippen LogP contribution < -0.4 is 9.54 Å². The van der Waals surface area contributed by atoms with Crippen LogP contribution in [0.1, 0.15) is 51.0 Å². The topological polar surface area (TPSA) is 26.5 Å². The molecule has 6 heteroatoms. The monoisotopic (exact) mass is 396 g/mol. The summed E-state index contributed by atoms with van der Waals surface area (Å²) in [5, 5.41) is 0.619. The van der Waals surface area contributed by atoms with Gasteiger partial charge in [-0.15, -0.1) is 11.3 Å². The van der Waals surface area contributed by atoms with Gasteiger partial charge in [0.05, 0.1) is 12.7 Å². The maximum atomic E-state index is 6.13. The molecule has 0 aliphatic heterocycles. The van der Waals surface area contributed by atoms with Gasteiger partial charge in [-0.3, -0.25) is 0 Å². The molecule has 0 saturated carbocycles. The van der Waals surface area contributed by atoms with E-state index in [0.717, 1.165) is 29.8 Å². The van der Waals surface area contributed by atoms with Crippen molar-refractivity contribution in [3.63, 3.8) is 0 Å². The summed E-state index contributed by atoms with van der Waals surface area (Å²) < 4.78 is 7.61. The van der Waals surface area contributed by atoms with Crippen LogP contribution in [0.4, 0.5) is 0 Å². The lowest BCUT2D eigenvalue weighted by molar-refractivity contribution is 0.414. The van der Waals surface area contributed by atoms with Crippen molar-refractivity contribution in [1.29, 1.82) is 0 Å². The van der Waals surface area contributed by atoms with E-state index in [1.165, 1.54) is 4.88 Å². The number of thiocarbonyl (C=S) groups is 1. The highest BCUT2D eigenvalue weighted by Crippen LogP contribution is 2.26. The average Bonchev–Trinajstić information content (AvgIpc) is 2.95. The van der Waals surface area contributed by atoms with Crippen LogP contribution in [0.25, 0.3) is 0 Å². The average molecular weight is 397 g/mol. The third-order valence-electron chi connectivity index (χ3n) is 3.80. The SMILES string of the molecule is CCCCn1cc(C(C)(C)C)sc1=NC(=S)c1cc(Cl)ccc1OC. The molecule has 0 aliphatic carbocycles. The smallest absolute Gasteiger partial charge is 0.191 e. The van der Waals surface area contributed by atoms with Crippen LogP contribution in [0.15, 0.2) is 29.4 Å². The Kier molecular flexibility index (Phi) is 6.83. The fourth-order valence-corrected chi connectivity index (χ4v) is 3.85. The molecule has 0 amide bonds. The van der Waals surface area contributed by atoms with Gasteiger partial charge in [-0.2, -0.15) is 0 Å². The minimum Gasteiger partial charge on any atom is -0.496 e. The quantitative estimate of drug-likeness (QED) is 0.616. The molecular weight excluding hydrogens is 372 g/mol. The van der Waals surface area contributed by atoms with Gasteiger partial charge in [-0.25, -0.2) is 4.99 Å². The number of hydrogen-bond acceptors (Lipinski definition) is 3. The van der Waals surface area contributed by atoms with E-state index in [-0.39, 0.29) is 5.41 Å². The number of aromatic nitrogens is 1. The minimum absolute atomic E-state index is 0.0851. The third-order valence-corrected chi connectivity index (χ3v) is 5.79. The Morgan fingerprint density at radius 2 is 2.08 bits per heavy atom. The van der Waals surface area contributed by atoms with Crippen LogP contribution in [0.3, 0.4) is 0 Å². The van der Waals surface area contributed by atoms with Crippen LogP contribution in [0.2, 0.25) is 5.02 Å². The largest absolute Gasteiger partial charge is 0.496 e. The van der Waals surface area contributed by atoms with Gasteiger partial charge in [0, 0.05) is 22.6 Å². The van der Waals surface area contributed by atoms with Crippen LogP contribution in [-0.2, 0) is 12.0 Å². The number of aryl methyl sites for hydroxylation is 1.